The van der Waals surface area contributed by atoms with E-state index in [1.165, 1.54) is 4.90 Å². The van der Waals surface area contributed by atoms with Crippen molar-refractivity contribution in [2.75, 3.05) is 6.54 Å². The summed E-state index contributed by atoms with van der Waals surface area (Å²) in [5.41, 5.74) is 4.73. The SMILES string of the molecule is CCC(C)(C)NC(C)C(=O)N1C[C@H](O)CC1C(=O)NCc1ccc(-c2scnc2C)cc1. The molecule has 1 aliphatic heterocycles. The van der Waals surface area contributed by atoms with E-state index in [1.54, 1.807) is 11.3 Å². The molecule has 2 heterocycles. The highest BCUT2D eigenvalue weighted by Crippen LogP contribution is 2.27. The van der Waals surface area contributed by atoms with Gasteiger partial charge < -0.3 is 20.6 Å². The molecular formula is C24H34N4O3S. The maximum atomic E-state index is 13.0. The van der Waals surface area contributed by atoms with Crippen molar-refractivity contribution >= 4 is 23.2 Å². The number of β-amino-alcohol motifs (C(OH)–C–C–N with tert-alkyl or cyclic N) is 1. The highest BCUT2D eigenvalue weighted by atomic mass is 32.1. The fraction of sp³-hybridized carbons (Fsp3) is 0.542. The maximum Gasteiger partial charge on any atom is 0.243 e. The molecule has 3 N–H and O–H groups in total. The maximum absolute atomic E-state index is 13.0. The van der Waals surface area contributed by atoms with Gasteiger partial charge in [0.15, 0.2) is 0 Å². The summed E-state index contributed by atoms with van der Waals surface area (Å²) in [7, 11) is 0. The van der Waals surface area contributed by atoms with E-state index in [1.807, 2.05) is 57.5 Å². The molecule has 2 unspecified atom stereocenters. The Balaban J connectivity index is 1.60. The lowest BCUT2D eigenvalue weighted by molar-refractivity contribution is -0.140. The lowest BCUT2D eigenvalue weighted by Crippen LogP contribution is -2.55. The second kappa shape index (κ2) is 10.1. The number of aliphatic hydroxyl groups is 1. The summed E-state index contributed by atoms with van der Waals surface area (Å²) in [6.45, 7) is 10.5. The number of hydrogen-bond donors (Lipinski definition) is 3. The molecule has 0 aliphatic carbocycles. The number of likely N-dealkylation sites (tertiary alicyclic amines) is 1. The molecule has 0 bridgehead atoms. The fourth-order valence-electron chi connectivity index (χ4n) is 3.96. The van der Waals surface area contributed by atoms with E-state index in [4.69, 9.17) is 0 Å². The van der Waals surface area contributed by atoms with E-state index in [-0.39, 0.29) is 30.3 Å². The molecule has 1 aliphatic rings. The van der Waals surface area contributed by atoms with Crippen molar-refractivity contribution in [3.63, 3.8) is 0 Å². The van der Waals surface area contributed by atoms with Gasteiger partial charge >= 0.3 is 0 Å². The van der Waals surface area contributed by atoms with Crippen molar-refractivity contribution in [2.45, 2.75) is 77.7 Å². The summed E-state index contributed by atoms with van der Waals surface area (Å²) >= 11 is 1.61. The first-order valence-electron chi connectivity index (χ1n) is 11.1. The van der Waals surface area contributed by atoms with E-state index in [0.717, 1.165) is 28.1 Å². The topological polar surface area (TPSA) is 94.6 Å². The molecular weight excluding hydrogens is 424 g/mol. The Hall–Kier alpha value is -2.29. The molecule has 0 radical (unpaired) electrons. The molecule has 32 heavy (non-hydrogen) atoms. The Bertz CT molecular complexity index is 941. The zero-order valence-corrected chi connectivity index (χ0v) is 20.3. The van der Waals surface area contributed by atoms with Crippen LogP contribution in [0.5, 0.6) is 0 Å². The van der Waals surface area contributed by atoms with Crippen LogP contribution in [0.25, 0.3) is 10.4 Å². The third-order valence-corrected chi connectivity index (χ3v) is 7.13. The number of rotatable bonds is 8. The normalized spacial score (nSPS) is 19.8. The summed E-state index contributed by atoms with van der Waals surface area (Å²) in [6, 6.07) is 6.93. The summed E-state index contributed by atoms with van der Waals surface area (Å²) in [4.78, 5) is 32.9. The molecule has 1 aromatic carbocycles. The lowest BCUT2D eigenvalue weighted by atomic mass is 10.0. The second-order valence-corrected chi connectivity index (χ2v) is 10.0. The van der Waals surface area contributed by atoms with E-state index in [0.29, 0.717) is 6.54 Å². The molecule has 0 saturated carbocycles. The summed E-state index contributed by atoms with van der Waals surface area (Å²) in [5.74, 6) is -0.397. The number of nitrogens with zero attached hydrogens (tertiary/aromatic N) is 2. The van der Waals surface area contributed by atoms with Crippen molar-refractivity contribution in [3.05, 3.63) is 41.0 Å². The average molecular weight is 459 g/mol. The number of carbonyl (C=O) groups is 2. The molecule has 3 rings (SSSR count). The molecule has 2 aromatic rings. The van der Waals surface area contributed by atoms with Crippen molar-refractivity contribution in [1.82, 2.24) is 20.5 Å². The number of aromatic nitrogens is 1. The number of thiazole rings is 1. The van der Waals surface area contributed by atoms with Gasteiger partial charge in [-0.2, -0.15) is 0 Å². The van der Waals surface area contributed by atoms with Crippen LogP contribution in [0.4, 0.5) is 0 Å². The molecule has 0 spiro atoms. The molecule has 8 heteroatoms. The molecule has 1 aromatic heterocycles. The molecule has 3 atom stereocenters. The number of hydrogen-bond acceptors (Lipinski definition) is 6. The van der Waals surface area contributed by atoms with Crippen molar-refractivity contribution in [3.8, 4) is 10.4 Å². The zero-order chi connectivity index (χ0) is 23.5. The van der Waals surface area contributed by atoms with Gasteiger partial charge in [0.2, 0.25) is 11.8 Å². The average Bonchev–Trinajstić information content (AvgIpc) is 3.37. The minimum absolute atomic E-state index is 0.160. The smallest absolute Gasteiger partial charge is 0.243 e. The fourth-order valence-corrected chi connectivity index (χ4v) is 4.78. The van der Waals surface area contributed by atoms with E-state index >= 15 is 0 Å². The highest BCUT2D eigenvalue weighted by Gasteiger charge is 2.40. The van der Waals surface area contributed by atoms with Gasteiger partial charge in [0.1, 0.15) is 6.04 Å². The van der Waals surface area contributed by atoms with E-state index < -0.39 is 18.2 Å². The molecule has 1 saturated heterocycles. The number of amides is 2. The number of carbonyl (C=O) groups excluding carboxylic acids is 2. The summed E-state index contributed by atoms with van der Waals surface area (Å²) in [5, 5.41) is 16.4. The van der Waals surface area contributed by atoms with Crippen LogP contribution in [0.3, 0.4) is 0 Å². The quantitative estimate of drug-likeness (QED) is 0.566. The van der Waals surface area contributed by atoms with Crippen molar-refractivity contribution in [1.29, 1.82) is 0 Å². The third kappa shape index (κ3) is 5.74. The van der Waals surface area contributed by atoms with Gasteiger partial charge in [0, 0.05) is 25.0 Å². The Kier molecular flexibility index (Phi) is 7.69. The Labute approximate surface area is 194 Å². The van der Waals surface area contributed by atoms with Gasteiger partial charge in [-0.25, -0.2) is 4.98 Å². The Morgan fingerprint density at radius 2 is 2.00 bits per heavy atom. The molecule has 2 amide bonds. The zero-order valence-electron chi connectivity index (χ0n) is 19.5. The standard InChI is InChI=1S/C24H34N4O3S/c1-6-24(4,5)27-16(3)23(31)28-13-19(29)11-20(28)22(30)25-12-17-7-9-18(10-8-17)21-15(2)26-14-32-21/h7-10,14,16,19-20,27,29H,6,11-13H2,1-5H3,(H,25,30)/t16?,19-,20?/m1/s1. The Morgan fingerprint density at radius 1 is 1.31 bits per heavy atom. The van der Waals surface area contributed by atoms with Crippen LogP contribution in [-0.4, -0.2) is 57.1 Å². The molecule has 1 fully saturated rings. The van der Waals surface area contributed by atoms with Crippen LogP contribution >= 0.6 is 11.3 Å². The summed E-state index contributed by atoms with van der Waals surface area (Å²) in [6.07, 6.45) is 0.437. The number of aryl methyl sites for hydroxylation is 1. The first kappa shape index (κ1) is 24.4. The van der Waals surface area contributed by atoms with Gasteiger partial charge in [0.25, 0.3) is 0 Å². The first-order chi connectivity index (χ1) is 15.1. The molecule has 174 valence electrons. The van der Waals surface area contributed by atoms with Crippen LogP contribution < -0.4 is 10.6 Å². The van der Waals surface area contributed by atoms with Gasteiger partial charge in [-0.1, -0.05) is 31.2 Å². The Morgan fingerprint density at radius 3 is 2.59 bits per heavy atom. The van der Waals surface area contributed by atoms with E-state index in [9.17, 15) is 14.7 Å². The predicted octanol–water partition coefficient (Wildman–Crippen LogP) is 2.86. The third-order valence-electron chi connectivity index (χ3n) is 6.15. The van der Waals surface area contributed by atoms with Crippen molar-refractivity contribution < 1.29 is 14.7 Å². The molecule has 7 nitrogen and oxygen atoms in total. The van der Waals surface area contributed by atoms with Crippen LogP contribution in [0, 0.1) is 6.92 Å². The van der Waals surface area contributed by atoms with Gasteiger partial charge in [-0.15, -0.1) is 11.3 Å². The minimum Gasteiger partial charge on any atom is -0.391 e. The minimum atomic E-state index is -0.692. The number of aliphatic hydroxyl groups excluding tert-OH is 1. The van der Waals surface area contributed by atoms with Gasteiger partial charge in [-0.05, 0) is 45.2 Å². The highest BCUT2D eigenvalue weighted by molar-refractivity contribution is 7.13. The summed E-state index contributed by atoms with van der Waals surface area (Å²) < 4.78 is 0. The van der Waals surface area contributed by atoms with Crippen LogP contribution in [0.1, 0.15) is 51.8 Å². The first-order valence-corrected chi connectivity index (χ1v) is 12.0. The van der Waals surface area contributed by atoms with Crippen LogP contribution in [0.15, 0.2) is 29.8 Å². The van der Waals surface area contributed by atoms with Crippen LogP contribution in [-0.2, 0) is 16.1 Å². The lowest BCUT2D eigenvalue weighted by Gasteiger charge is -2.32. The number of benzene rings is 1. The van der Waals surface area contributed by atoms with E-state index in [2.05, 4.69) is 22.5 Å². The van der Waals surface area contributed by atoms with Gasteiger partial charge in [0.05, 0.1) is 28.2 Å². The second-order valence-electron chi connectivity index (χ2n) is 9.18. The predicted molar refractivity (Wildman–Crippen MR) is 127 cm³/mol. The van der Waals surface area contributed by atoms with Crippen LogP contribution in [0.2, 0.25) is 0 Å². The number of nitrogens with one attached hydrogen (secondary N) is 2. The van der Waals surface area contributed by atoms with Gasteiger partial charge in [-0.3, -0.25) is 9.59 Å². The largest absolute Gasteiger partial charge is 0.391 e. The van der Waals surface area contributed by atoms with Crippen molar-refractivity contribution in [2.24, 2.45) is 0 Å². The monoisotopic (exact) mass is 458 g/mol.